The van der Waals surface area contributed by atoms with Crippen LogP contribution in [0.1, 0.15) is 70.2 Å². The maximum Gasteiger partial charge on any atom is 0.150 e. The summed E-state index contributed by atoms with van der Waals surface area (Å²) in [5.41, 5.74) is 4.75. The number of thiophene rings is 1. The summed E-state index contributed by atoms with van der Waals surface area (Å²) in [6.07, 6.45) is 5.10. The fourth-order valence-corrected chi connectivity index (χ4v) is 5.93. The van der Waals surface area contributed by atoms with Gasteiger partial charge in [-0.15, -0.1) is 11.3 Å². The minimum Gasteiger partial charge on any atom is -0.370 e. The first kappa shape index (κ1) is 19.2. The second-order valence-electron chi connectivity index (χ2n) is 9.66. The van der Waals surface area contributed by atoms with E-state index in [1.165, 1.54) is 39.7 Å². The molecule has 5 rings (SSSR count). The van der Waals surface area contributed by atoms with Gasteiger partial charge in [-0.1, -0.05) is 20.8 Å². The lowest BCUT2D eigenvalue weighted by atomic mass is 9.87. The molecular weight excluding hydrogens is 380 g/mol. The number of hydrogen-bond donors (Lipinski definition) is 0. The Labute approximate surface area is 176 Å². The quantitative estimate of drug-likeness (QED) is 0.562. The normalized spacial score (nSPS) is 20.0. The van der Waals surface area contributed by atoms with Crippen molar-refractivity contribution in [2.75, 3.05) is 18.0 Å². The molecule has 0 radical (unpaired) electrons. The van der Waals surface area contributed by atoms with Gasteiger partial charge in [0, 0.05) is 30.5 Å². The van der Waals surface area contributed by atoms with Crippen molar-refractivity contribution in [3.8, 4) is 0 Å². The fourth-order valence-electron chi connectivity index (χ4n) is 4.74. The van der Waals surface area contributed by atoms with E-state index in [0.717, 1.165) is 41.6 Å². The van der Waals surface area contributed by atoms with Gasteiger partial charge in [-0.05, 0) is 44.1 Å². The van der Waals surface area contributed by atoms with Crippen LogP contribution in [0.4, 0.5) is 5.82 Å². The third kappa shape index (κ3) is 3.21. The second kappa shape index (κ2) is 6.88. The van der Waals surface area contributed by atoms with Crippen LogP contribution in [0.25, 0.3) is 20.4 Å². The van der Waals surface area contributed by atoms with Crippen molar-refractivity contribution < 1.29 is 4.74 Å². The van der Waals surface area contributed by atoms with E-state index in [4.69, 9.17) is 19.7 Å². The number of fused-ring (bicyclic) bond motifs is 5. The molecule has 3 aromatic rings. The molecule has 0 spiro atoms. The molecule has 5 nitrogen and oxygen atoms in total. The smallest absolute Gasteiger partial charge is 0.150 e. The molecule has 5 heterocycles. The van der Waals surface area contributed by atoms with Gasteiger partial charge < -0.3 is 9.64 Å². The van der Waals surface area contributed by atoms with E-state index < -0.39 is 0 Å². The number of nitrogens with zero attached hydrogens (tertiary/aromatic N) is 4. The zero-order chi connectivity index (χ0) is 20.3. The zero-order valence-corrected chi connectivity index (χ0v) is 18.9. The molecule has 2 aliphatic heterocycles. The van der Waals surface area contributed by atoms with Crippen molar-refractivity contribution in [1.29, 1.82) is 0 Å². The lowest BCUT2D eigenvalue weighted by molar-refractivity contribution is -0.0402. The molecule has 3 aromatic heterocycles. The molecule has 2 aliphatic rings. The molecule has 0 atom stereocenters. The van der Waals surface area contributed by atoms with Gasteiger partial charge >= 0.3 is 0 Å². The summed E-state index contributed by atoms with van der Waals surface area (Å²) in [5.74, 6) is 2.27. The van der Waals surface area contributed by atoms with E-state index in [0.29, 0.717) is 12.5 Å². The highest BCUT2D eigenvalue weighted by molar-refractivity contribution is 7.26. The maximum absolute atomic E-state index is 6.17. The molecule has 0 saturated carbocycles. The predicted octanol–water partition coefficient (Wildman–Crippen LogP) is 5.45. The van der Waals surface area contributed by atoms with Crippen LogP contribution in [0.5, 0.6) is 0 Å². The maximum atomic E-state index is 6.17. The third-order valence-corrected chi connectivity index (χ3v) is 7.54. The van der Waals surface area contributed by atoms with Gasteiger partial charge in [-0.25, -0.2) is 15.0 Å². The summed E-state index contributed by atoms with van der Waals surface area (Å²) in [4.78, 5) is 18.2. The van der Waals surface area contributed by atoms with Crippen molar-refractivity contribution in [1.82, 2.24) is 15.0 Å². The number of ether oxygens (including phenoxy) is 1. The van der Waals surface area contributed by atoms with Crippen LogP contribution in [-0.4, -0.2) is 33.6 Å². The molecule has 0 amide bonds. The topological polar surface area (TPSA) is 51.1 Å². The number of pyridine rings is 1. The molecule has 1 saturated heterocycles. The van der Waals surface area contributed by atoms with Gasteiger partial charge in [0.05, 0.1) is 28.1 Å². The first-order valence-electron chi connectivity index (χ1n) is 10.8. The summed E-state index contributed by atoms with van der Waals surface area (Å²) >= 11 is 1.77. The largest absolute Gasteiger partial charge is 0.370 e. The van der Waals surface area contributed by atoms with Crippen molar-refractivity contribution in [3.05, 3.63) is 23.1 Å². The Morgan fingerprint density at radius 2 is 1.93 bits per heavy atom. The Hall–Kier alpha value is -1.79. The Morgan fingerprint density at radius 3 is 2.66 bits per heavy atom. The van der Waals surface area contributed by atoms with Crippen molar-refractivity contribution in [2.24, 2.45) is 5.92 Å². The number of anilines is 1. The number of hydrogen-bond acceptors (Lipinski definition) is 6. The Kier molecular flexibility index (Phi) is 4.55. The molecule has 0 aromatic carbocycles. The zero-order valence-electron chi connectivity index (χ0n) is 18.1. The van der Waals surface area contributed by atoms with Crippen LogP contribution in [-0.2, 0) is 17.8 Å². The van der Waals surface area contributed by atoms with E-state index >= 15 is 0 Å². The highest BCUT2D eigenvalue weighted by atomic mass is 32.1. The van der Waals surface area contributed by atoms with E-state index in [9.17, 15) is 0 Å². The lowest BCUT2D eigenvalue weighted by Crippen LogP contribution is -2.33. The molecule has 6 heteroatoms. The number of aromatic nitrogens is 3. The summed E-state index contributed by atoms with van der Waals surface area (Å²) < 4.78 is 7.36. The Balaban J connectivity index is 1.75. The van der Waals surface area contributed by atoms with E-state index in [-0.39, 0.29) is 5.60 Å². The van der Waals surface area contributed by atoms with Crippen LogP contribution in [0.2, 0.25) is 0 Å². The Bertz CT molecular complexity index is 1080. The molecule has 1 fully saturated rings. The summed E-state index contributed by atoms with van der Waals surface area (Å²) in [7, 11) is 0. The molecule has 29 heavy (non-hydrogen) atoms. The summed E-state index contributed by atoms with van der Waals surface area (Å²) in [5, 5.41) is 1.23. The first-order chi connectivity index (χ1) is 13.8. The third-order valence-electron chi connectivity index (χ3n) is 6.47. The van der Waals surface area contributed by atoms with E-state index in [1.807, 2.05) is 0 Å². The van der Waals surface area contributed by atoms with Gasteiger partial charge in [0.15, 0.2) is 0 Å². The van der Waals surface area contributed by atoms with Gasteiger partial charge in [-0.3, -0.25) is 0 Å². The molecule has 0 unspecified atom stereocenters. The minimum atomic E-state index is -0.164. The van der Waals surface area contributed by atoms with E-state index in [2.05, 4.69) is 39.5 Å². The summed E-state index contributed by atoms with van der Waals surface area (Å²) in [6.45, 7) is 13.9. The average molecular weight is 411 g/mol. The van der Waals surface area contributed by atoms with Gasteiger partial charge in [0.25, 0.3) is 0 Å². The van der Waals surface area contributed by atoms with Crippen LogP contribution >= 0.6 is 11.3 Å². The fraction of sp³-hybridized carbons (Fsp3) is 0.609. The Morgan fingerprint density at radius 1 is 1.17 bits per heavy atom. The molecule has 0 bridgehead atoms. The molecule has 0 aliphatic carbocycles. The van der Waals surface area contributed by atoms with Gasteiger partial charge in [-0.2, -0.15) is 0 Å². The minimum absolute atomic E-state index is 0.164. The highest BCUT2D eigenvalue weighted by Crippen LogP contribution is 2.44. The molecular formula is C23H30N4OS. The monoisotopic (exact) mass is 410 g/mol. The van der Waals surface area contributed by atoms with Crippen LogP contribution in [0.3, 0.4) is 0 Å². The van der Waals surface area contributed by atoms with Gasteiger partial charge in [0.1, 0.15) is 17.0 Å². The first-order valence-corrected chi connectivity index (χ1v) is 11.6. The van der Waals surface area contributed by atoms with Gasteiger partial charge in [0.2, 0.25) is 0 Å². The predicted molar refractivity (Wildman–Crippen MR) is 120 cm³/mol. The van der Waals surface area contributed by atoms with Crippen molar-refractivity contribution in [3.63, 3.8) is 0 Å². The van der Waals surface area contributed by atoms with Crippen molar-refractivity contribution in [2.45, 2.75) is 72.0 Å². The van der Waals surface area contributed by atoms with Crippen LogP contribution < -0.4 is 4.90 Å². The molecule has 154 valence electrons. The molecule has 0 N–H and O–H groups in total. The average Bonchev–Trinajstić information content (AvgIpc) is 3.06. The van der Waals surface area contributed by atoms with Crippen LogP contribution in [0.15, 0.2) is 6.33 Å². The van der Waals surface area contributed by atoms with Crippen molar-refractivity contribution >= 4 is 37.6 Å². The van der Waals surface area contributed by atoms with E-state index in [1.54, 1.807) is 17.7 Å². The number of piperidine rings is 1. The highest BCUT2D eigenvalue weighted by Gasteiger charge is 2.32. The SMILES string of the molecule is CC1CCN(c2ncnc3c2sc2nc(C(C)C)c4c(c23)CC(C)(C)OC4)CC1. The standard InChI is InChI=1S/C23H30N4OS/c1-13(2)18-16-11-28-23(4,5)10-15(16)17-19-20(29-22(17)26-18)21(25-12-24-19)27-8-6-14(3)7-9-27/h12-14H,6-11H2,1-5H3. The summed E-state index contributed by atoms with van der Waals surface area (Å²) in [6, 6.07) is 0. The second-order valence-corrected chi connectivity index (χ2v) is 10.7. The lowest BCUT2D eigenvalue weighted by Gasteiger charge is -2.33. The van der Waals surface area contributed by atoms with Crippen LogP contribution in [0, 0.1) is 5.92 Å². The number of rotatable bonds is 2.